The maximum absolute atomic E-state index is 9.76. The number of benzene rings is 1. The molecular weight excluding hydrogens is 206 g/mol. The summed E-state index contributed by atoms with van der Waals surface area (Å²) in [6.07, 6.45) is 0.866. The molecule has 2 rings (SSSR count). The van der Waals surface area contributed by atoms with Crippen molar-refractivity contribution in [3.63, 3.8) is 0 Å². The molecule has 0 saturated carbocycles. The zero-order chi connectivity index (χ0) is 11.6. The normalized spacial score (nSPS) is 18.4. The van der Waals surface area contributed by atoms with E-state index < -0.39 is 0 Å². The molecule has 1 aliphatic rings. The summed E-state index contributed by atoms with van der Waals surface area (Å²) < 4.78 is 4.54. The highest BCUT2D eigenvalue weighted by atomic mass is 16.5. The van der Waals surface area contributed by atoms with Crippen LogP contribution in [0.25, 0.3) is 0 Å². The zero-order valence-electron chi connectivity index (χ0n) is 9.13. The Kier molecular flexibility index (Phi) is 6.22. The van der Waals surface area contributed by atoms with Gasteiger partial charge in [0, 0.05) is 6.54 Å². The minimum absolute atomic E-state index is 0.0648. The molecule has 88 valence electrons. The SMILES string of the molecule is O=COCc1ccccc1.O[C@H]1CCNC1. The number of nitrogens with one attached hydrogen (secondary N) is 1. The van der Waals surface area contributed by atoms with Crippen LogP contribution in [-0.4, -0.2) is 30.8 Å². The van der Waals surface area contributed by atoms with Crippen molar-refractivity contribution in [3.8, 4) is 0 Å². The Bertz CT molecular complexity index is 284. The first-order chi connectivity index (χ1) is 7.83. The summed E-state index contributed by atoms with van der Waals surface area (Å²) in [7, 11) is 0. The number of hydrogen-bond donors (Lipinski definition) is 2. The molecule has 0 aliphatic carbocycles. The quantitative estimate of drug-likeness (QED) is 0.741. The smallest absolute Gasteiger partial charge is 0.293 e. The number of carbonyl (C=O) groups excluding carboxylic acids is 1. The summed E-state index contributed by atoms with van der Waals surface area (Å²) in [5.74, 6) is 0. The van der Waals surface area contributed by atoms with E-state index in [1.165, 1.54) is 0 Å². The van der Waals surface area contributed by atoms with Crippen molar-refractivity contribution < 1.29 is 14.6 Å². The highest BCUT2D eigenvalue weighted by molar-refractivity contribution is 5.37. The van der Waals surface area contributed by atoms with Crippen molar-refractivity contribution in [2.75, 3.05) is 13.1 Å². The van der Waals surface area contributed by atoms with Gasteiger partial charge < -0.3 is 15.2 Å². The Morgan fingerprint density at radius 2 is 2.19 bits per heavy atom. The summed E-state index contributed by atoms with van der Waals surface area (Å²) in [5.41, 5.74) is 1.01. The Morgan fingerprint density at radius 1 is 1.44 bits per heavy atom. The van der Waals surface area contributed by atoms with Gasteiger partial charge in [-0.1, -0.05) is 30.3 Å². The van der Waals surface area contributed by atoms with E-state index in [9.17, 15) is 4.79 Å². The monoisotopic (exact) mass is 223 g/mol. The second kappa shape index (κ2) is 7.84. The molecule has 0 radical (unpaired) electrons. The highest BCUT2D eigenvalue weighted by Gasteiger charge is 2.08. The average Bonchev–Trinajstić information content (AvgIpc) is 2.80. The van der Waals surface area contributed by atoms with E-state index >= 15 is 0 Å². The number of carbonyl (C=O) groups is 1. The fraction of sp³-hybridized carbons (Fsp3) is 0.417. The molecule has 1 aromatic carbocycles. The lowest BCUT2D eigenvalue weighted by Crippen LogP contribution is -2.11. The molecule has 4 heteroatoms. The van der Waals surface area contributed by atoms with Crippen LogP contribution in [-0.2, 0) is 16.1 Å². The third kappa shape index (κ3) is 5.48. The second-order valence-electron chi connectivity index (χ2n) is 3.54. The predicted octanol–water partition coefficient (Wildman–Crippen LogP) is 0.700. The van der Waals surface area contributed by atoms with Crippen molar-refractivity contribution in [1.82, 2.24) is 5.32 Å². The van der Waals surface area contributed by atoms with Crippen LogP contribution in [0.2, 0.25) is 0 Å². The maximum atomic E-state index is 9.76. The van der Waals surface area contributed by atoms with Crippen molar-refractivity contribution >= 4 is 6.47 Å². The summed E-state index contributed by atoms with van der Waals surface area (Å²) in [6, 6.07) is 9.55. The molecule has 1 atom stereocenters. The zero-order valence-corrected chi connectivity index (χ0v) is 9.13. The molecule has 0 amide bonds. The fourth-order valence-electron chi connectivity index (χ4n) is 1.34. The fourth-order valence-corrected chi connectivity index (χ4v) is 1.34. The lowest BCUT2D eigenvalue weighted by Gasteiger charge is -1.95. The van der Waals surface area contributed by atoms with Crippen LogP contribution in [0.5, 0.6) is 0 Å². The van der Waals surface area contributed by atoms with Crippen LogP contribution in [0.15, 0.2) is 30.3 Å². The van der Waals surface area contributed by atoms with Crippen molar-refractivity contribution in [1.29, 1.82) is 0 Å². The van der Waals surface area contributed by atoms with Gasteiger partial charge >= 0.3 is 0 Å². The third-order valence-electron chi connectivity index (χ3n) is 2.20. The summed E-state index contributed by atoms with van der Waals surface area (Å²) in [5, 5.41) is 11.7. The summed E-state index contributed by atoms with van der Waals surface area (Å²) >= 11 is 0. The van der Waals surface area contributed by atoms with E-state index in [1.807, 2.05) is 30.3 Å². The first-order valence-electron chi connectivity index (χ1n) is 5.31. The molecular formula is C12H17NO3. The van der Waals surface area contributed by atoms with Crippen LogP contribution >= 0.6 is 0 Å². The molecule has 1 aliphatic heterocycles. The standard InChI is InChI=1S/C8H8O2.C4H9NO/c9-7-10-6-8-4-2-1-3-5-8;6-4-1-2-5-3-4/h1-5,7H,6H2;4-6H,1-3H2/t;4-/m.0/s1. The number of rotatable bonds is 3. The molecule has 2 N–H and O–H groups in total. The van der Waals surface area contributed by atoms with Gasteiger partial charge in [-0.25, -0.2) is 0 Å². The molecule has 0 spiro atoms. The van der Waals surface area contributed by atoms with E-state index in [0.717, 1.165) is 25.1 Å². The van der Waals surface area contributed by atoms with Gasteiger partial charge in [0.2, 0.25) is 0 Å². The van der Waals surface area contributed by atoms with E-state index in [0.29, 0.717) is 13.1 Å². The minimum Gasteiger partial charge on any atom is -0.463 e. The number of aliphatic hydroxyl groups is 1. The molecule has 4 nitrogen and oxygen atoms in total. The highest BCUT2D eigenvalue weighted by Crippen LogP contribution is 1.98. The van der Waals surface area contributed by atoms with Gasteiger partial charge in [-0.3, -0.25) is 4.79 Å². The van der Waals surface area contributed by atoms with E-state index in [1.54, 1.807) is 0 Å². The molecule has 1 aromatic rings. The van der Waals surface area contributed by atoms with Crippen LogP contribution in [0.4, 0.5) is 0 Å². The number of ether oxygens (including phenoxy) is 1. The summed E-state index contributed by atoms with van der Waals surface area (Å²) in [6.45, 7) is 2.60. The number of aliphatic hydroxyl groups excluding tert-OH is 1. The Morgan fingerprint density at radius 3 is 2.62 bits per heavy atom. The van der Waals surface area contributed by atoms with Crippen LogP contribution < -0.4 is 5.32 Å². The van der Waals surface area contributed by atoms with E-state index in [4.69, 9.17) is 5.11 Å². The van der Waals surface area contributed by atoms with Gasteiger partial charge in [0.25, 0.3) is 6.47 Å². The molecule has 0 aromatic heterocycles. The lowest BCUT2D eigenvalue weighted by atomic mass is 10.2. The van der Waals surface area contributed by atoms with E-state index in [2.05, 4.69) is 10.1 Å². The third-order valence-corrected chi connectivity index (χ3v) is 2.20. The molecule has 16 heavy (non-hydrogen) atoms. The largest absolute Gasteiger partial charge is 0.463 e. The van der Waals surface area contributed by atoms with Crippen LogP contribution in [0, 0.1) is 0 Å². The topological polar surface area (TPSA) is 58.6 Å². The van der Waals surface area contributed by atoms with Gasteiger partial charge in [-0.15, -0.1) is 0 Å². The van der Waals surface area contributed by atoms with Crippen molar-refractivity contribution in [2.24, 2.45) is 0 Å². The number of β-amino-alcohol motifs (C(OH)–C–C–N with tert-alkyl or cyclic N) is 1. The Balaban J connectivity index is 0.000000181. The summed E-state index contributed by atoms with van der Waals surface area (Å²) in [4.78, 5) is 9.76. The maximum Gasteiger partial charge on any atom is 0.293 e. The van der Waals surface area contributed by atoms with Gasteiger partial charge in [-0.2, -0.15) is 0 Å². The molecule has 1 saturated heterocycles. The van der Waals surface area contributed by atoms with Gasteiger partial charge in [0.1, 0.15) is 6.61 Å². The number of hydrogen-bond acceptors (Lipinski definition) is 4. The van der Waals surface area contributed by atoms with Gasteiger partial charge in [0.15, 0.2) is 0 Å². The molecule has 1 fully saturated rings. The second-order valence-corrected chi connectivity index (χ2v) is 3.54. The van der Waals surface area contributed by atoms with Crippen molar-refractivity contribution in [3.05, 3.63) is 35.9 Å². The van der Waals surface area contributed by atoms with Crippen molar-refractivity contribution in [2.45, 2.75) is 19.1 Å². The molecule has 1 heterocycles. The van der Waals surface area contributed by atoms with E-state index in [-0.39, 0.29) is 6.10 Å². The first kappa shape index (κ1) is 12.7. The molecule has 0 unspecified atom stereocenters. The first-order valence-corrected chi connectivity index (χ1v) is 5.31. The van der Waals surface area contributed by atoms with Gasteiger partial charge in [-0.05, 0) is 18.5 Å². The minimum atomic E-state index is -0.0648. The average molecular weight is 223 g/mol. The molecule has 0 bridgehead atoms. The Hall–Kier alpha value is -1.39. The van der Waals surface area contributed by atoms with Gasteiger partial charge in [0.05, 0.1) is 6.10 Å². The Labute approximate surface area is 95.2 Å². The lowest BCUT2D eigenvalue weighted by molar-refractivity contribution is -0.129. The predicted molar refractivity (Wildman–Crippen MR) is 60.8 cm³/mol. The van der Waals surface area contributed by atoms with Crippen LogP contribution in [0.3, 0.4) is 0 Å². The van der Waals surface area contributed by atoms with Crippen LogP contribution in [0.1, 0.15) is 12.0 Å².